The van der Waals surface area contributed by atoms with Crippen LogP contribution in [0.2, 0.25) is 5.02 Å². The van der Waals surface area contributed by atoms with Gasteiger partial charge < -0.3 is 29.7 Å². The topological polar surface area (TPSA) is 98.0 Å². The quantitative estimate of drug-likeness (QED) is 0.363. The zero-order valence-corrected chi connectivity index (χ0v) is 26.0. The summed E-state index contributed by atoms with van der Waals surface area (Å²) in [6.45, 7) is 0.636. The van der Waals surface area contributed by atoms with Crippen molar-refractivity contribution in [2.45, 2.75) is 44.0 Å². The number of amides is 3. The van der Waals surface area contributed by atoms with Gasteiger partial charge in [0, 0.05) is 60.4 Å². The fourth-order valence-electron chi connectivity index (χ4n) is 6.30. The van der Waals surface area contributed by atoms with Crippen LogP contribution in [0.4, 0.5) is 18.9 Å². The highest BCUT2D eigenvalue weighted by Gasteiger charge is 2.43. The van der Waals surface area contributed by atoms with Crippen LogP contribution in [0.1, 0.15) is 24.0 Å². The summed E-state index contributed by atoms with van der Waals surface area (Å²) in [5.41, 5.74) is 3.50. The normalized spacial score (nSPS) is 18.2. The Kier molecular flexibility index (Phi) is 10.0. The molecule has 0 radical (unpaired) electrons. The fourth-order valence-corrected chi connectivity index (χ4v) is 6.50. The number of anilines is 1. The van der Waals surface area contributed by atoms with Crippen molar-refractivity contribution in [3.8, 4) is 0 Å². The van der Waals surface area contributed by atoms with Gasteiger partial charge in [0.05, 0.1) is 6.10 Å². The number of aromatic amines is 1. The number of ether oxygens (including phenoxy) is 1. The third-order valence-corrected chi connectivity index (χ3v) is 8.56. The minimum absolute atomic E-state index is 0.112. The van der Waals surface area contributed by atoms with Crippen molar-refractivity contribution in [2.75, 3.05) is 51.8 Å². The van der Waals surface area contributed by atoms with Gasteiger partial charge in [-0.15, -0.1) is 0 Å². The Hall–Kier alpha value is -3.61. The van der Waals surface area contributed by atoms with Crippen LogP contribution in [0.25, 0.3) is 10.9 Å². The first kappa shape index (κ1) is 32.8. The lowest BCUT2D eigenvalue weighted by atomic mass is 9.91. The van der Waals surface area contributed by atoms with Crippen LogP contribution in [0.15, 0.2) is 48.7 Å². The van der Waals surface area contributed by atoms with Crippen LogP contribution < -0.4 is 10.2 Å². The number of hydrogen-bond donors (Lipinski definition) is 2. The monoisotopic (exact) mass is 647 g/mol. The number of halogens is 4. The van der Waals surface area contributed by atoms with E-state index in [1.807, 2.05) is 56.7 Å². The van der Waals surface area contributed by atoms with E-state index in [0.717, 1.165) is 45.6 Å². The second-order valence-corrected chi connectivity index (χ2v) is 12.5. The van der Waals surface area contributed by atoms with Crippen LogP contribution in [-0.2, 0) is 32.0 Å². The van der Waals surface area contributed by atoms with Crippen LogP contribution in [0.5, 0.6) is 0 Å². The van der Waals surface area contributed by atoms with Gasteiger partial charge in [-0.25, -0.2) is 0 Å². The van der Waals surface area contributed by atoms with E-state index in [9.17, 15) is 27.6 Å². The maximum Gasteiger partial charge on any atom is 0.471 e. The molecular weight excluding hydrogens is 611 g/mol. The third kappa shape index (κ3) is 7.98. The second kappa shape index (κ2) is 13.8. The first-order chi connectivity index (χ1) is 21.4. The van der Waals surface area contributed by atoms with Gasteiger partial charge in [-0.1, -0.05) is 29.8 Å². The molecule has 2 aliphatic rings. The largest absolute Gasteiger partial charge is 0.471 e. The molecule has 3 aromatic rings. The molecule has 1 aromatic heterocycles. The predicted octanol–water partition coefficient (Wildman–Crippen LogP) is 4.19. The molecule has 2 aromatic carbocycles. The van der Waals surface area contributed by atoms with E-state index in [1.165, 1.54) is 0 Å². The van der Waals surface area contributed by atoms with E-state index >= 15 is 0 Å². The van der Waals surface area contributed by atoms with Crippen molar-refractivity contribution in [2.24, 2.45) is 5.92 Å². The van der Waals surface area contributed by atoms with Crippen molar-refractivity contribution in [3.05, 3.63) is 64.8 Å². The number of nitrogens with one attached hydrogen (secondary N) is 2. The van der Waals surface area contributed by atoms with E-state index in [4.69, 9.17) is 16.3 Å². The average Bonchev–Trinajstić information content (AvgIpc) is 3.40. The number of likely N-dealkylation sites (tertiary alicyclic amines) is 1. The number of carbonyl (C=O) groups excluding carboxylic acids is 3. The minimum Gasteiger partial charge on any atom is -0.368 e. The number of benzene rings is 2. The summed E-state index contributed by atoms with van der Waals surface area (Å²) >= 11 is 6.32. The van der Waals surface area contributed by atoms with E-state index in [-0.39, 0.29) is 50.8 Å². The number of fused-ring (bicyclic) bond motifs is 2. The molecule has 0 bridgehead atoms. The van der Waals surface area contributed by atoms with E-state index in [2.05, 4.69) is 15.2 Å². The van der Waals surface area contributed by atoms with E-state index in [0.29, 0.717) is 11.6 Å². The molecule has 13 heteroatoms. The summed E-state index contributed by atoms with van der Waals surface area (Å²) in [7, 11) is 3.97. The second-order valence-electron chi connectivity index (χ2n) is 12.0. The van der Waals surface area contributed by atoms with Gasteiger partial charge in [0.15, 0.2) is 0 Å². The SMILES string of the molecule is CN(C)C[C@@H]1Cc2cc(Cl)ccc2N(C(=O)[C@@H](Cc2c[nH]c3ccccc23)NC(=O)COC2CCN(C(=O)C(F)(F)F)CC2)C1. The molecule has 0 unspecified atom stereocenters. The Balaban J connectivity index is 1.32. The Morgan fingerprint density at radius 1 is 1.13 bits per heavy atom. The highest BCUT2D eigenvalue weighted by molar-refractivity contribution is 6.30. The zero-order valence-electron chi connectivity index (χ0n) is 25.2. The van der Waals surface area contributed by atoms with Crippen molar-refractivity contribution >= 4 is 45.9 Å². The van der Waals surface area contributed by atoms with Gasteiger partial charge in [-0.3, -0.25) is 14.4 Å². The van der Waals surface area contributed by atoms with Gasteiger partial charge in [-0.2, -0.15) is 13.2 Å². The number of H-pyrrole nitrogens is 1. The highest BCUT2D eigenvalue weighted by atomic mass is 35.5. The molecule has 5 rings (SSSR count). The molecule has 2 atom stereocenters. The molecule has 3 amide bonds. The highest BCUT2D eigenvalue weighted by Crippen LogP contribution is 2.33. The number of aromatic nitrogens is 1. The van der Waals surface area contributed by atoms with Crippen LogP contribution in [-0.4, -0.2) is 97.7 Å². The Morgan fingerprint density at radius 2 is 1.87 bits per heavy atom. The minimum atomic E-state index is -4.92. The lowest BCUT2D eigenvalue weighted by Crippen LogP contribution is -2.54. The molecule has 2 aliphatic heterocycles. The predicted molar refractivity (Wildman–Crippen MR) is 165 cm³/mol. The molecule has 3 heterocycles. The summed E-state index contributed by atoms with van der Waals surface area (Å²) in [4.78, 5) is 46.9. The summed E-state index contributed by atoms with van der Waals surface area (Å²) < 4.78 is 44.1. The molecule has 0 saturated carbocycles. The lowest BCUT2D eigenvalue weighted by Gasteiger charge is -2.37. The fraction of sp³-hybridized carbons (Fsp3) is 0.469. The van der Waals surface area contributed by atoms with Gasteiger partial charge >= 0.3 is 12.1 Å². The van der Waals surface area contributed by atoms with E-state index in [1.54, 1.807) is 11.0 Å². The van der Waals surface area contributed by atoms with Crippen molar-refractivity contribution in [1.29, 1.82) is 0 Å². The number of carbonyl (C=O) groups is 3. The zero-order chi connectivity index (χ0) is 32.3. The first-order valence-electron chi connectivity index (χ1n) is 15.0. The molecule has 9 nitrogen and oxygen atoms in total. The summed E-state index contributed by atoms with van der Waals surface area (Å²) in [6, 6.07) is 12.3. The molecule has 2 N–H and O–H groups in total. The maximum absolute atomic E-state index is 14.3. The van der Waals surface area contributed by atoms with Crippen molar-refractivity contribution < 1.29 is 32.3 Å². The standard InChI is InChI=1S/C32H37ClF3N5O4/c1-39(2)17-20-13-21-14-23(33)7-8-28(21)41(18-20)30(43)27(15-22-16-37-26-6-4-3-5-25(22)26)38-29(42)19-45-24-9-11-40(12-10-24)31(44)32(34,35)36/h3-8,14,16,20,24,27,37H,9-13,15,17-19H2,1-2H3,(H,38,42)/t20-,27+/m0/s1. The van der Waals surface area contributed by atoms with Gasteiger partial charge in [-0.05, 0) is 74.7 Å². The van der Waals surface area contributed by atoms with Gasteiger partial charge in [0.1, 0.15) is 12.6 Å². The Bertz CT molecular complexity index is 1540. The number of alkyl halides is 3. The summed E-state index contributed by atoms with van der Waals surface area (Å²) in [5, 5.41) is 4.41. The first-order valence-corrected chi connectivity index (χ1v) is 15.3. The number of nitrogens with zero attached hydrogens (tertiary/aromatic N) is 3. The van der Waals surface area contributed by atoms with Crippen molar-refractivity contribution in [3.63, 3.8) is 0 Å². The number of para-hydroxylation sites is 1. The number of piperidine rings is 1. The van der Waals surface area contributed by atoms with Gasteiger partial charge in [0.25, 0.3) is 0 Å². The molecule has 45 heavy (non-hydrogen) atoms. The van der Waals surface area contributed by atoms with Gasteiger partial charge in [0.2, 0.25) is 11.8 Å². The van der Waals surface area contributed by atoms with Crippen molar-refractivity contribution in [1.82, 2.24) is 20.1 Å². The maximum atomic E-state index is 14.3. The van der Waals surface area contributed by atoms with E-state index < -0.39 is 30.1 Å². The molecule has 1 saturated heterocycles. The smallest absolute Gasteiger partial charge is 0.368 e. The number of hydrogen-bond acceptors (Lipinski definition) is 5. The molecule has 0 spiro atoms. The molecular formula is C32H37ClF3N5O4. The Labute approximate surface area is 264 Å². The third-order valence-electron chi connectivity index (χ3n) is 8.33. The van der Waals surface area contributed by atoms with Crippen LogP contribution in [0.3, 0.4) is 0 Å². The molecule has 1 fully saturated rings. The summed E-state index contributed by atoms with van der Waals surface area (Å²) in [5.74, 6) is -2.50. The molecule has 0 aliphatic carbocycles. The Morgan fingerprint density at radius 3 is 2.58 bits per heavy atom. The average molecular weight is 648 g/mol. The van der Waals surface area contributed by atoms with Crippen LogP contribution >= 0.6 is 11.6 Å². The lowest BCUT2D eigenvalue weighted by molar-refractivity contribution is -0.187. The molecule has 242 valence electrons. The van der Waals surface area contributed by atoms with Crippen LogP contribution in [0, 0.1) is 5.92 Å². The number of rotatable bonds is 9. The summed E-state index contributed by atoms with van der Waals surface area (Å²) in [6.07, 6.45) is -2.24.